The minimum atomic E-state index is -1.16. The molecule has 0 unspecified atom stereocenters. The second kappa shape index (κ2) is 11.1. The van der Waals surface area contributed by atoms with Crippen molar-refractivity contribution in [3.8, 4) is 0 Å². The molecule has 1 saturated heterocycles. The molecular formula is C14H23N5O8. The van der Waals surface area contributed by atoms with Gasteiger partial charge >= 0.3 is 17.9 Å². The monoisotopic (exact) mass is 389 g/mol. The van der Waals surface area contributed by atoms with E-state index < -0.39 is 42.8 Å². The third kappa shape index (κ3) is 10.1. The molecule has 1 rings (SSSR count). The van der Waals surface area contributed by atoms with E-state index in [2.05, 4.69) is 10.9 Å². The van der Waals surface area contributed by atoms with Gasteiger partial charge in [-0.3, -0.25) is 49.5 Å². The second-order valence-corrected chi connectivity index (χ2v) is 5.98. The number of aliphatic carboxylic acids is 3. The fraction of sp³-hybridized carbons (Fsp3) is 0.643. The van der Waals surface area contributed by atoms with Crippen LogP contribution in [0.4, 0.5) is 0 Å². The Kier molecular flexibility index (Phi) is 9.12. The van der Waals surface area contributed by atoms with Gasteiger partial charge in [-0.2, -0.15) is 0 Å². The number of hydrogen-bond donors (Lipinski definition) is 5. The number of nitrogens with zero attached hydrogens (tertiary/aromatic N) is 3. The van der Waals surface area contributed by atoms with Crippen molar-refractivity contribution in [3.05, 3.63) is 0 Å². The van der Waals surface area contributed by atoms with E-state index in [-0.39, 0.29) is 45.8 Å². The summed E-state index contributed by atoms with van der Waals surface area (Å²) in [6.07, 6.45) is 0. The highest BCUT2D eigenvalue weighted by molar-refractivity contribution is 5.84. The highest BCUT2D eigenvalue weighted by atomic mass is 16.4. The fourth-order valence-electron chi connectivity index (χ4n) is 2.46. The predicted octanol–water partition coefficient (Wildman–Crippen LogP) is -3.69. The summed E-state index contributed by atoms with van der Waals surface area (Å²) in [7, 11) is 0. The summed E-state index contributed by atoms with van der Waals surface area (Å²) in [6, 6.07) is 0. The molecule has 0 aromatic carbocycles. The van der Waals surface area contributed by atoms with E-state index in [1.165, 1.54) is 14.7 Å². The molecule has 152 valence electrons. The van der Waals surface area contributed by atoms with Crippen molar-refractivity contribution in [2.75, 3.05) is 58.9 Å². The highest BCUT2D eigenvalue weighted by Crippen LogP contribution is 1.97. The molecule has 13 heteroatoms. The molecule has 1 aliphatic heterocycles. The number of rotatable bonds is 6. The van der Waals surface area contributed by atoms with Crippen molar-refractivity contribution in [1.29, 1.82) is 0 Å². The summed E-state index contributed by atoms with van der Waals surface area (Å²) in [4.78, 5) is 60.7. The minimum Gasteiger partial charge on any atom is -0.480 e. The van der Waals surface area contributed by atoms with E-state index in [1.807, 2.05) is 0 Å². The predicted molar refractivity (Wildman–Crippen MR) is 88.5 cm³/mol. The van der Waals surface area contributed by atoms with Gasteiger partial charge in [0.15, 0.2) is 0 Å². The SMILES string of the molecule is O=C(O)CN1CCN(CC(=O)O)CC(=O)NNC(=O)CN(CC(=O)O)CC1. The maximum atomic E-state index is 11.9. The fourth-order valence-corrected chi connectivity index (χ4v) is 2.46. The van der Waals surface area contributed by atoms with Crippen LogP contribution in [0.3, 0.4) is 0 Å². The zero-order chi connectivity index (χ0) is 20.4. The van der Waals surface area contributed by atoms with Crippen molar-refractivity contribution in [3.63, 3.8) is 0 Å². The number of hydrogen-bond acceptors (Lipinski definition) is 8. The van der Waals surface area contributed by atoms with Crippen LogP contribution in [0.25, 0.3) is 0 Å². The van der Waals surface area contributed by atoms with Gasteiger partial charge in [-0.1, -0.05) is 0 Å². The Morgan fingerprint density at radius 2 is 0.963 bits per heavy atom. The number of carbonyl (C=O) groups is 5. The molecule has 27 heavy (non-hydrogen) atoms. The first-order chi connectivity index (χ1) is 12.7. The van der Waals surface area contributed by atoms with E-state index in [1.54, 1.807) is 0 Å². The summed E-state index contributed by atoms with van der Waals surface area (Å²) >= 11 is 0. The van der Waals surface area contributed by atoms with Crippen molar-refractivity contribution in [2.45, 2.75) is 0 Å². The highest BCUT2D eigenvalue weighted by Gasteiger charge is 2.21. The van der Waals surface area contributed by atoms with Gasteiger partial charge in [0.25, 0.3) is 11.8 Å². The summed E-state index contributed by atoms with van der Waals surface area (Å²) < 4.78 is 0. The lowest BCUT2D eigenvalue weighted by Crippen LogP contribution is -2.50. The Hall–Kier alpha value is -2.77. The van der Waals surface area contributed by atoms with Gasteiger partial charge in [-0.15, -0.1) is 0 Å². The van der Waals surface area contributed by atoms with Crippen molar-refractivity contribution in [2.24, 2.45) is 0 Å². The maximum Gasteiger partial charge on any atom is 0.317 e. The molecule has 13 nitrogen and oxygen atoms in total. The van der Waals surface area contributed by atoms with Gasteiger partial charge in [0.05, 0.1) is 32.7 Å². The molecular weight excluding hydrogens is 366 g/mol. The Balaban J connectivity index is 2.92. The van der Waals surface area contributed by atoms with E-state index >= 15 is 0 Å². The van der Waals surface area contributed by atoms with Gasteiger partial charge in [-0.25, -0.2) is 0 Å². The molecule has 5 N–H and O–H groups in total. The van der Waals surface area contributed by atoms with Crippen LogP contribution in [-0.2, 0) is 24.0 Å². The quantitative estimate of drug-likeness (QED) is 0.302. The first kappa shape index (κ1) is 22.3. The van der Waals surface area contributed by atoms with E-state index in [9.17, 15) is 24.0 Å². The summed E-state index contributed by atoms with van der Waals surface area (Å²) in [5.74, 6) is -4.73. The lowest BCUT2D eigenvalue weighted by molar-refractivity contribution is -0.140. The first-order valence-electron chi connectivity index (χ1n) is 8.06. The van der Waals surface area contributed by atoms with E-state index in [0.717, 1.165) is 0 Å². The topological polar surface area (TPSA) is 180 Å². The van der Waals surface area contributed by atoms with Gasteiger partial charge in [-0.05, 0) is 0 Å². The van der Waals surface area contributed by atoms with E-state index in [0.29, 0.717) is 0 Å². The molecule has 0 radical (unpaired) electrons. The average molecular weight is 389 g/mol. The Bertz CT molecular complexity index is 542. The molecule has 0 aromatic heterocycles. The van der Waals surface area contributed by atoms with Crippen LogP contribution in [0.2, 0.25) is 0 Å². The van der Waals surface area contributed by atoms with Crippen LogP contribution in [0.1, 0.15) is 0 Å². The van der Waals surface area contributed by atoms with Gasteiger partial charge in [0.2, 0.25) is 0 Å². The van der Waals surface area contributed by atoms with Crippen LogP contribution < -0.4 is 10.9 Å². The van der Waals surface area contributed by atoms with Crippen LogP contribution >= 0.6 is 0 Å². The number of amides is 2. The van der Waals surface area contributed by atoms with Crippen molar-refractivity contribution >= 4 is 29.7 Å². The third-order valence-electron chi connectivity index (χ3n) is 3.62. The Morgan fingerprint density at radius 3 is 1.30 bits per heavy atom. The molecule has 0 spiro atoms. The van der Waals surface area contributed by atoms with Crippen LogP contribution in [0.5, 0.6) is 0 Å². The second-order valence-electron chi connectivity index (χ2n) is 5.98. The smallest absolute Gasteiger partial charge is 0.317 e. The summed E-state index contributed by atoms with van der Waals surface area (Å²) in [6.45, 7) is -1.36. The molecule has 2 amide bonds. The zero-order valence-corrected chi connectivity index (χ0v) is 14.6. The largest absolute Gasteiger partial charge is 0.480 e. The summed E-state index contributed by atoms with van der Waals surface area (Å²) in [5, 5.41) is 26.9. The van der Waals surface area contributed by atoms with Crippen LogP contribution in [0.15, 0.2) is 0 Å². The normalized spacial score (nSPS) is 19.1. The number of nitrogens with one attached hydrogen (secondary N) is 2. The molecule has 0 aromatic rings. The molecule has 1 heterocycles. The standard InChI is InChI=1S/C14H23N5O8/c20-10-5-18(8-13(24)25)3-1-17(7-12(22)23)2-4-19(9-14(26)27)6-11(21)16-15-10/h1-9H2,(H,15,20)(H,16,21)(H,22,23)(H,24,25)(H,26,27). The first-order valence-corrected chi connectivity index (χ1v) is 8.06. The van der Waals surface area contributed by atoms with Crippen LogP contribution in [-0.4, -0.2) is 119 Å². The average Bonchev–Trinajstić information content (AvgIpc) is 2.53. The van der Waals surface area contributed by atoms with Gasteiger partial charge < -0.3 is 15.3 Å². The van der Waals surface area contributed by atoms with Gasteiger partial charge in [0.1, 0.15) is 0 Å². The summed E-state index contributed by atoms with van der Waals surface area (Å²) in [5.41, 5.74) is 4.27. The molecule has 1 aliphatic rings. The molecule has 1 fully saturated rings. The van der Waals surface area contributed by atoms with Gasteiger partial charge in [0, 0.05) is 26.2 Å². The van der Waals surface area contributed by atoms with Crippen molar-refractivity contribution in [1.82, 2.24) is 25.6 Å². The molecule has 0 saturated carbocycles. The molecule has 0 atom stereocenters. The Labute approximate surface area is 154 Å². The lowest BCUT2D eigenvalue weighted by atomic mass is 10.3. The minimum absolute atomic E-state index is 0.0971. The van der Waals surface area contributed by atoms with Crippen molar-refractivity contribution < 1.29 is 39.3 Å². The lowest BCUT2D eigenvalue weighted by Gasteiger charge is -2.27. The maximum absolute atomic E-state index is 11.9. The third-order valence-corrected chi connectivity index (χ3v) is 3.62. The number of hydrazine groups is 1. The Morgan fingerprint density at radius 1 is 0.667 bits per heavy atom. The molecule has 0 bridgehead atoms. The molecule has 0 aliphatic carbocycles. The zero-order valence-electron chi connectivity index (χ0n) is 14.6. The van der Waals surface area contributed by atoms with Crippen LogP contribution in [0, 0.1) is 0 Å². The van der Waals surface area contributed by atoms with E-state index in [4.69, 9.17) is 15.3 Å². The number of carboxylic acid groups (broad SMARTS) is 3. The number of carboxylic acids is 3. The number of carbonyl (C=O) groups excluding carboxylic acids is 2.